The van der Waals surface area contributed by atoms with Crippen molar-refractivity contribution in [3.8, 4) is 0 Å². The molecule has 0 aliphatic carbocycles. The number of halogens is 1. The van der Waals surface area contributed by atoms with Crippen molar-refractivity contribution in [2.75, 3.05) is 4.90 Å². The number of nitrogens with one attached hydrogen (secondary N) is 1. The molecule has 1 heterocycles. The van der Waals surface area contributed by atoms with Crippen LogP contribution in [0.5, 0.6) is 0 Å². The fourth-order valence-electron chi connectivity index (χ4n) is 2.62. The van der Waals surface area contributed by atoms with Crippen molar-refractivity contribution < 1.29 is 9.59 Å². The maximum absolute atomic E-state index is 12.9. The number of rotatable bonds is 3. The smallest absolute Gasteiger partial charge is 0.253 e. The quantitative estimate of drug-likeness (QED) is 0.908. The number of piperazine rings is 1. The van der Waals surface area contributed by atoms with Crippen molar-refractivity contribution in [1.82, 2.24) is 5.32 Å². The van der Waals surface area contributed by atoms with Crippen LogP contribution in [0.15, 0.2) is 22.7 Å². The molecule has 1 aliphatic heterocycles. The van der Waals surface area contributed by atoms with Crippen LogP contribution in [-0.2, 0) is 9.59 Å². The molecule has 1 saturated heterocycles. The van der Waals surface area contributed by atoms with E-state index < -0.39 is 11.6 Å². The van der Waals surface area contributed by atoms with Crippen LogP contribution >= 0.6 is 15.9 Å². The molecule has 0 aromatic heterocycles. The van der Waals surface area contributed by atoms with Gasteiger partial charge in [0.15, 0.2) is 0 Å². The van der Waals surface area contributed by atoms with E-state index in [4.69, 9.17) is 0 Å². The lowest BCUT2D eigenvalue weighted by Crippen LogP contribution is -2.69. The molecule has 1 N–H and O–H groups in total. The molecule has 21 heavy (non-hydrogen) atoms. The molecule has 1 aliphatic rings. The summed E-state index contributed by atoms with van der Waals surface area (Å²) in [7, 11) is 0. The first-order valence-corrected chi connectivity index (χ1v) is 8.05. The minimum atomic E-state index is -0.830. The number of anilines is 1. The third kappa shape index (κ3) is 2.71. The fraction of sp³-hybridized carbons (Fsp3) is 0.500. The number of carbonyl (C=O) groups excluding carboxylic acids is 2. The summed E-state index contributed by atoms with van der Waals surface area (Å²) in [4.78, 5) is 26.9. The molecule has 2 amide bonds. The third-order valence-electron chi connectivity index (χ3n) is 4.22. The molecule has 2 rings (SSSR count). The second-order valence-electron chi connectivity index (χ2n) is 5.71. The Kier molecular flexibility index (Phi) is 4.42. The summed E-state index contributed by atoms with van der Waals surface area (Å²) in [5, 5.41) is 2.88. The first kappa shape index (κ1) is 16.0. The van der Waals surface area contributed by atoms with Gasteiger partial charge in [-0.25, -0.2) is 0 Å². The van der Waals surface area contributed by atoms with E-state index in [1.54, 1.807) is 11.8 Å². The van der Waals surface area contributed by atoms with Crippen molar-refractivity contribution in [2.24, 2.45) is 0 Å². The standard InChI is InChI=1S/C16H21BrN2O2/c1-5-13-14(20)18-16(4,6-2)15(21)19(13)11-7-8-12(17)10(3)9-11/h7-9,13H,5-6H2,1-4H3,(H,18,20). The number of benzene rings is 1. The Bertz CT molecular complexity index is 588. The number of hydrogen-bond acceptors (Lipinski definition) is 2. The van der Waals surface area contributed by atoms with Crippen LogP contribution in [0.2, 0.25) is 0 Å². The topological polar surface area (TPSA) is 49.4 Å². The van der Waals surface area contributed by atoms with Gasteiger partial charge in [0.1, 0.15) is 11.6 Å². The molecule has 2 unspecified atom stereocenters. The fourth-order valence-corrected chi connectivity index (χ4v) is 2.86. The summed E-state index contributed by atoms with van der Waals surface area (Å²) in [6.07, 6.45) is 1.16. The largest absolute Gasteiger partial charge is 0.340 e. The Morgan fingerprint density at radius 3 is 2.52 bits per heavy atom. The number of aryl methyl sites for hydroxylation is 1. The van der Waals surface area contributed by atoms with Crippen molar-refractivity contribution in [3.63, 3.8) is 0 Å². The van der Waals surface area contributed by atoms with Crippen LogP contribution in [0.3, 0.4) is 0 Å². The van der Waals surface area contributed by atoms with Crippen LogP contribution in [0, 0.1) is 6.92 Å². The van der Waals surface area contributed by atoms with E-state index in [0.717, 1.165) is 15.7 Å². The Morgan fingerprint density at radius 1 is 1.33 bits per heavy atom. The molecular weight excluding hydrogens is 332 g/mol. The summed E-state index contributed by atoms with van der Waals surface area (Å²) in [6, 6.07) is 5.30. The first-order chi connectivity index (χ1) is 9.84. The Balaban J connectivity index is 2.51. The molecule has 0 radical (unpaired) electrons. The molecule has 1 aromatic carbocycles. The molecule has 0 saturated carbocycles. The van der Waals surface area contributed by atoms with Gasteiger partial charge in [0, 0.05) is 10.2 Å². The molecule has 0 bridgehead atoms. The van der Waals surface area contributed by atoms with E-state index in [0.29, 0.717) is 12.8 Å². The Labute approximate surface area is 134 Å². The lowest BCUT2D eigenvalue weighted by molar-refractivity contribution is -0.138. The van der Waals surface area contributed by atoms with Crippen LogP contribution in [-0.4, -0.2) is 23.4 Å². The molecule has 114 valence electrons. The predicted molar refractivity (Wildman–Crippen MR) is 87.3 cm³/mol. The number of carbonyl (C=O) groups is 2. The van der Waals surface area contributed by atoms with Crippen LogP contribution in [0.4, 0.5) is 5.69 Å². The van der Waals surface area contributed by atoms with Gasteiger partial charge in [0.2, 0.25) is 5.91 Å². The van der Waals surface area contributed by atoms with Crippen LogP contribution < -0.4 is 10.2 Å². The molecule has 1 aromatic rings. The lowest BCUT2D eigenvalue weighted by Gasteiger charge is -2.44. The van der Waals surface area contributed by atoms with E-state index >= 15 is 0 Å². The van der Waals surface area contributed by atoms with Gasteiger partial charge >= 0.3 is 0 Å². The summed E-state index contributed by atoms with van der Waals surface area (Å²) in [5.41, 5.74) is 0.991. The van der Waals surface area contributed by atoms with Crippen LogP contribution in [0.25, 0.3) is 0 Å². The molecule has 5 heteroatoms. The van der Waals surface area contributed by atoms with Crippen molar-refractivity contribution >= 4 is 33.4 Å². The second-order valence-corrected chi connectivity index (χ2v) is 6.56. The van der Waals surface area contributed by atoms with Gasteiger partial charge in [0.05, 0.1) is 0 Å². The average Bonchev–Trinajstić information content (AvgIpc) is 2.45. The van der Waals surface area contributed by atoms with E-state index in [2.05, 4.69) is 21.2 Å². The number of nitrogens with zero attached hydrogens (tertiary/aromatic N) is 1. The highest BCUT2D eigenvalue weighted by molar-refractivity contribution is 9.10. The molecular formula is C16H21BrN2O2. The summed E-state index contributed by atoms with van der Waals surface area (Å²) in [5.74, 6) is -0.125. The van der Waals surface area contributed by atoms with Gasteiger partial charge in [-0.05, 0) is 50.5 Å². The van der Waals surface area contributed by atoms with Crippen molar-refractivity contribution in [2.45, 2.75) is 52.1 Å². The highest BCUT2D eigenvalue weighted by atomic mass is 79.9. The van der Waals surface area contributed by atoms with E-state index in [-0.39, 0.29) is 11.8 Å². The SMILES string of the molecule is CCC1C(=O)NC(C)(CC)C(=O)N1c1ccc(Br)c(C)c1. The minimum absolute atomic E-state index is 0.0434. The Hall–Kier alpha value is -1.36. The van der Waals surface area contributed by atoms with E-state index in [1.807, 2.05) is 39.0 Å². The highest BCUT2D eigenvalue weighted by Gasteiger charge is 2.46. The Morgan fingerprint density at radius 2 is 2.00 bits per heavy atom. The lowest BCUT2D eigenvalue weighted by atomic mass is 9.90. The summed E-state index contributed by atoms with van der Waals surface area (Å²) >= 11 is 3.47. The third-order valence-corrected chi connectivity index (χ3v) is 5.11. The normalized spacial score (nSPS) is 26.0. The zero-order valence-corrected chi connectivity index (χ0v) is 14.5. The van der Waals surface area contributed by atoms with E-state index in [9.17, 15) is 9.59 Å². The average molecular weight is 353 g/mol. The van der Waals surface area contributed by atoms with Gasteiger partial charge in [0.25, 0.3) is 5.91 Å². The number of hydrogen-bond donors (Lipinski definition) is 1. The second kappa shape index (κ2) is 5.79. The van der Waals surface area contributed by atoms with E-state index in [1.165, 1.54) is 0 Å². The van der Waals surface area contributed by atoms with Gasteiger partial charge < -0.3 is 5.32 Å². The predicted octanol–water partition coefficient (Wildman–Crippen LogP) is 3.17. The van der Waals surface area contributed by atoms with Crippen LogP contribution in [0.1, 0.15) is 39.2 Å². The zero-order chi connectivity index (χ0) is 15.8. The monoisotopic (exact) mass is 352 g/mol. The maximum Gasteiger partial charge on any atom is 0.253 e. The highest BCUT2D eigenvalue weighted by Crippen LogP contribution is 2.30. The molecule has 0 spiro atoms. The van der Waals surface area contributed by atoms with Crippen molar-refractivity contribution in [1.29, 1.82) is 0 Å². The zero-order valence-electron chi connectivity index (χ0n) is 12.9. The maximum atomic E-state index is 12.9. The van der Waals surface area contributed by atoms with Gasteiger partial charge in [-0.1, -0.05) is 29.8 Å². The molecule has 1 fully saturated rings. The van der Waals surface area contributed by atoms with Gasteiger partial charge in [-0.3, -0.25) is 14.5 Å². The summed E-state index contributed by atoms with van der Waals surface area (Å²) in [6.45, 7) is 7.60. The van der Waals surface area contributed by atoms with Gasteiger partial charge in [-0.15, -0.1) is 0 Å². The van der Waals surface area contributed by atoms with Gasteiger partial charge in [-0.2, -0.15) is 0 Å². The number of amides is 2. The van der Waals surface area contributed by atoms with Crippen molar-refractivity contribution in [3.05, 3.63) is 28.2 Å². The molecule has 2 atom stereocenters. The first-order valence-electron chi connectivity index (χ1n) is 7.26. The summed E-state index contributed by atoms with van der Waals surface area (Å²) < 4.78 is 0.992. The molecule has 4 nitrogen and oxygen atoms in total. The minimum Gasteiger partial charge on any atom is -0.340 e.